The molecule has 1 aromatic carbocycles. The molecular weight excluding hydrogens is 276 g/mol. The number of hydrogen-bond acceptors (Lipinski definition) is 3. The highest BCUT2D eigenvalue weighted by Crippen LogP contribution is 2.15. The standard InChI is InChI=1S/C17H22N4O/c1-17(2,3)22-15-10-9-13(11-19-15)12-20-16(18)21-14-7-5-4-6-8-14/h4-11H,12H2,1-3H3,(H3,18,20,21). The Balaban J connectivity index is 1.92. The SMILES string of the molecule is CC(C)(C)Oc1ccc(CN=C(N)Nc2ccccc2)cn1. The molecule has 0 aliphatic heterocycles. The number of para-hydroxylation sites is 1. The lowest BCUT2D eigenvalue weighted by molar-refractivity contribution is 0.124. The van der Waals surface area contributed by atoms with E-state index in [9.17, 15) is 0 Å². The minimum atomic E-state index is -0.253. The second kappa shape index (κ2) is 6.93. The summed E-state index contributed by atoms with van der Waals surface area (Å²) in [5.74, 6) is 0.983. The molecule has 0 spiro atoms. The van der Waals surface area contributed by atoms with Crippen molar-refractivity contribution in [1.82, 2.24) is 4.98 Å². The van der Waals surface area contributed by atoms with Gasteiger partial charge in [-0.15, -0.1) is 0 Å². The Morgan fingerprint density at radius 1 is 1.18 bits per heavy atom. The highest BCUT2D eigenvalue weighted by atomic mass is 16.5. The van der Waals surface area contributed by atoms with Gasteiger partial charge in [-0.25, -0.2) is 9.98 Å². The van der Waals surface area contributed by atoms with Crippen LogP contribution in [0, 0.1) is 0 Å². The van der Waals surface area contributed by atoms with E-state index in [1.165, 1.54) is 0 Å². The summed E-state index contributed by atoms with van der Waals surface area (Å²) in [7, 11) is 0. The quantitative estimate of drug-likeness (QED) is 0.671. The summed E-state index contributed by atoms with van der Waals surface area (Å²) in [6, 6.07) is 13.5. The molecule has 5 nitrogen and oxygen atoms in total. The molecule has 2 rings (SSSR count). The first-order valence-electron chi connectivity index (χ1n) is 7.18. The highest BCUT2D eigenvalue weighted by Gasteiger charge is 2.12. The summed E-state index contributed by atoms with van der Waals surface area (Å²) in [5, 5.41) is 3.04. The molecule has 2 aromatic rings. The Morgan fingerprint density at radius 3 is 2.50 bits per heavy atom. The van der Waals surface area contributed by atoms with Crippen LogP contribution in [0.2, 0.25) is 0 Å². The lowest BCUT2D eigenvalue weighted by Gasteiger charge is -2.20. The van der Waals surface area contributed by atoms with Crippen molar-refractivity contribution >= 4 is 11.6 Å². The molecule has 1 heterocycles. The van der Waals surface area contributed by atoms with Gasteiger partial charge in [-0.3, -0.25) is 0 Å². The molecule has 0 saturated heterocycles. The number of guanidine groups is 1. The van der Waals surface area contributed by atoms with Gasteiger partial charge in [0.05, 0.1) is 6.54 Å². The van der Waals surface area contributed by atoms with Gasteiger partial charge in [-0.2, -0.15) is 0 Å². The Kier molecular flexibility index (Phi) is 4.99. The van der Waals surface area contributed by atoms with Crippen LogP contribution in [0.5, 0.6) is 5.88 Å². The molecule has 5 heteroatoms. The van der Waals surface area contributed by atoms with Crippen molar-refractivity contribution in [2.45, 2.75) is 32.9 Å². The number of pyridine rings is 1. The predicted molar refractivity (Wildman–Crippen MR) is 90.0 cm³/mol. The summed E-state index contributed by atoms with van der Waals surface area (Å²) in [6.07, 6.45) is 1.75. The monoisotopic (exact) mass is 298 g/mol. The smallest absolute Gasteiger partial charge is 0.213 e. The van der Waals surface area contributed by atoms with Gasteiger partial charge in [0.25, 0.3) is 0 Å². The molecule has 0 bridgehead atoms. The van der Waals surface area contributed by atoms with E-state index in [2.05, 4.69) is 15.3 Å². The van der Waals surface area contributed by atoms with Gasteiger partial charge in [0, 0.05) is 18.0 Å². The fraction of sp³-hybridized carbons (Fsp3) is 0.294. The Labute approximate surface area is 131 Å². The van der Waals surface area contributed by atoms with Crippen LogP contribution < -0.4 is 15.8 Å². The first kappa shape index (κ1) is 15.8. The van der Waals surface area contributed by atoms with E-state index in [0.29, 0.717) is 18.4 Å². The minimum absolute atomic E-state index is 0.253. The molecular formula is C17H22N4O. The number of aromatic nitrogens is 1. The van der Waals surface area contributed by atoms with Crippen LogP contribution in [-0.2, 0) is 6.54 Å². The maximum absolute atomic E-state index is 5.86. The number of hydrogen-bond donors (Lipinski definition) is 2. The second-order valence-corrected chi connectivity index (χ2v) is 5.91. The average Bonchev–Trinajstić information content (AvgIpc) is 2.46. The normalized spacial score (nSPS) is 12.0. The molecule has 22 heavy (non-hydrogen) atoms. The minimum Gasteiger partial charge on any atom is -0.472 e. The zero-order chi connectivity index (χ0) is 16.0. The summed E-state index contributed by atoms with van der Waals surface area (Å²) < 4.78 is 5.68. The number of rotatable bonds is 4. The Morgan fingerprint density at radius 2 is 1.91 bits per heavy atom. The third-order valence-electron chi connectivity index (χ3n) is 2.69. The lowest BCUT2D eigenvalue weighted by Crippen LogP contribution is -2.23. The number of aliphatic imine (C=N–C) groups is 1. The third kappa shape index (κ3) is 5.44. The van der Waals surface area contributed by atoms with Gasteiger partial charge >= 0.3 is 0 Å². The maximum atomic E-state index is 5.86. The van der Waals surface area contributed by atoms with Crippen LogP contribution in [-0.4, -0.2) is 16.5 Å². The molecule has 3 N–H and O–H groups in total. The molecule has 0 radical (unpaired) electrons. The van der Waals surface area contributed by atoms with Gasteiger partial charge in [0.15, 0.2) is 5.96 Å². The van der Waals surface area contributed by atoms with Crippen molar-refractivity contribution in [2.75, 3.05) is 5.32 Å². The molecule has 0 fully saturated rings. The molecule has 116 valence electrons. The number of nitrogens with two attached hydrogens (primary N) is 1. The van der Waals surface area contributed by atoms with Crippen LogP contribution in [0.15, 0.2) is 53.7 Å². The summed E-state index contributed by atoms with van der Waals surface area (Å²) >= 11 is 0. The Hall–Kier alpha value is -2.56. The van der Waals surface area contributed by atoms with Crippen molar-refractivity contribution in [3.8, 4) is 5.88 Å². The van der Waals surface area contributed by atoms with Crippen molar-refractivity contribution in [2.24, 2.45) is 10.7 Å². The first-order chi connectivity index (χ1) is 10.4. The highest BCUT2D eigenvalue weighted by molar-refractivity contribution is 5.92. The largest absolute Gasteiger partial charge is 0.472 e. The van der Waals surface area contributed by atoms with Crippen LogP contribution in [0.4, 0.5) is 5.69 Å². The maximum Gasteiger partial charge on any atom is 0.213 e. The second-order valence-electron chi connectivity index (χ2n) is 5.91. The van der Waals surface area contributed by atoms with E-state index in [1.807, 2.05) is 63.2 Å². The van der Waals surface area contributed by atoms with Gasteiger partial charge in [-0.05, 0) is 38.5 Å². The molecule has 0 aliphatic rings. The molecule has 0 unspecified atom stereocenters. The van der Waals surface area contributed by atoms with Crippen LogP contribution >= 0.6 is 0 Å². The summed E-state index contributed by atoms with van der Waals surface area (Å²) in [4.78, 5) is 8.57. The topological polar surface area (TPSA) is 72.5 Å². The van der Waals surface area contributed by atoms with Gasteiger partial charge in [0.2, 0.25) is 5.88 Å². The van der Waals surface area contributed by atoms with Crippen LogP contribution in [0.25, 0.3) is 0 Å². The number of nitrogens with zero attached hydrogens (tertiary/aromatic N) is 2. The van der Waals surface area contributed by atoms with Crippen molar-refractivity contribution < 1.29 is 4.74 Å². The fourth-order valence-corrected chi connectivity index (χ4v) is 1.76. The van der Waals surface area contributed by atoms with Gasteiger partial charge in [0.1, 0.15) is 5.60 Å². The summed E-state index contributed by atoms with van der Waals surface area (Å²) in [6.45, 7) is 6.43. The van der Waals surface area contributed by atoms with Crippen molar-refractivity contribution in [1.29, 1.82) is 0 Å². The summed E-state index contributed by atoms with van der Waals surface area (Å²) in [5.41, 5.74) is 7.49. The van der Waals surface area contributed by atoms with Crippen LogP contribution in [0.3, 0.4) is 0 Å². The Bertz CT molecular complexity index is 615. The molecule has 0 amide bonds. The fourth-order valence-electron chi connectivity index (χ4n) is 1.76. The van der Waals surface area contributed by atoms with Gasteiger partial charge < -0.3 is 15.8 Å². The van der Waals surface area contributed by atoms with E-state index in [0.717, 1.165) is 11.3 Å². The van der Waals surface area contributed by atoms with Crippen molar-refractivity contribution in [3.63, 3.8) is 0 Å². The molecule has 0 aliphatic carbocycles. The lowest BCUT2D eigenvalue weighted by atomic mass is 10.2. The number of nitrogens with one attached hydrogen (secondary N) is 1. The van der Waals surface area contributed by atoms with Gasteiger partial charge in [-0.1, -0.05) is 24.3 Å². The zero-order valence-electron chi connectivity index (χ0n) is 13.2. The van der Waals surface area contributed by atoms with E-state index < -0.39 is 0 Å². The number of anilines is 1. The predicted octanol–water partition coefficient (Wildman–Crippen LogP) is 3.19. The van der Waals surface area contributed by atoms with E-state index in [4.69, 9.17) is 10.5 Å². The molecule has 1 aromatic heterocycles. The zero-order valence-corrected chi connectivity index (χ0v) is 13.2. The van der Waals surface area contributed by atoms with E-state index in [1.54, 1.807) is 6.20 Å². The number of benzene rings is 1. The number of ether oxygens (including phenoxy) is 1. The third-order valence-corrected chi connectivity index (χ3v) is 2.69. The first-order valence-corrected chi connectivity index (χ1v) is 7.18. The average molecular weight is 298 g/mol. The molecule has 0 saturated carbocycles. The van der Waals surface area contributed by atoms with Crippen LogP contribution in [0.1, 0.15) is 26.3 Å². The molecule has 0 atom stereocenters. The van der Waals surface area contributed by atoms with Crippen molar-refractivity contribution in [3.05, 3.63) is 54.2 Å². The van der Waals surface area contributed by atoms with E-state index in [-0.39, 0.29) is 5.60 Å². The van der Waals surface area contributed by atoms with E-state index >= 15 is 0 Å².